The van der Waals surface area contributed by atoms with E-state index in [-0.39, 0.29) is 18.4 Å². The van der Waals surface area contributed by atoms with Crippen LogP contribution in [0.25, 0.3) is 0 Å². The van der Waals surface area contributed by atoms with Gasteiger partial charge in [-0.2, -0.15) is 0 Å². The zero-order valence-corrected chi connectivity index (χ0v) is 10.9. The van der Waals surface area contributed by atoms with Crippen molar-refractivity contribution >= 4 is 11.9 Å². The first kappa shape index (κ1) is 13.3. The lowest BCUT2D eigenvalue weighted by Crippen LogP contribution is -2.54. The summed E-state index contributed by atoms with van der Waals surface area (Å²) in [6.45, 7) is 6.11. The van der Waals surface area contributed by atoms with Gasteiger partial charge in [0.25, 0.3) is 0 Å². The summed E-state index contributed by atoms with van der Waals surface area (Å²) in [5.41, 5.74) is 0.775. The first-order valence-electron chi connectivity index (χ1n) is 6.28. The van der Waals surface area contributed by atoms with Gasteiger partial charge in [-0.1, -0.05) is 49.9 Å². The molecule has 0 spiro atoms. The van der Waals surface area contributed by atoms with E-state index in [0.717, 1.165) is 5.56 Å². The molecule has 1 aliphatic rings. The summed E-state index contributed by atoms with van der Waals surface area (Å²) in [4.78, 5) is 25.5. The Morgan fingerprint density at radius 2 is 2.21 bits per heavy atom. The van der Waals surface area contributed by atoms with E-state index < -0.39 is 12.0 Å². The zero-order valence-electron chi connectivity index (χ0n) is 10.9. The number of carbonyl (C=O) groups is 2. The smallest absolute Gasteiger partial charge is 0.333 e. The van der Waals surface area contributed by atoms with E-state index in [4.69, 9.17) is 4.74 Å². The molecule has 4 heteroatoms. The first-order chi connectivity index (χ1) is 9.15. The molecule has 1 aliphatic heterocycles. The number of β-lactam (4-membered cyclic amide) rings is 1. The van der Waals surface area contributed by atoms with Crippen LogP contribution in [0.15, 0.2) is 43.0 Å². The van der Waals surface area contributed by atoms with E-state index >= 15 is 0 Å². The van der Waals surface area contributed by atoms with Crippen molar-refractivity contribution in [1.29, 1.82) is 0 Å². The molecule has 2 atom stereocenters. The summed E-state index contributed by atoms with van der Waals surface area (Å²) in [6.07, 6.45) is 1.51. The molecule has 1 heterocycles. The zero-order chi connectivity index (χ0) is 13.8. The largest absolute Gasteiger partial charge is 0.460 e. The van der Waals surface area contributed by atoms with Crippen LogP contribution < -0.4 is 0 Å². The third kappa shape index (κ3) is 2.67. The minimum absolute atomic E-state index is 0.00981. The number of benzene rings is 1. The van der Waals surface area contributed by atoms with Crippen molar-refractivity contribution in [2.45, 2.75) is 13.0 Å². The number of likely N-dealkylation sites (tertiary alicyclic amines) is 1. The maximum atomic E-state index is 12.1. The first-order valence-corrected chi connectivity index (χ1v) is 6.28. The number of amides is 1. The third-order valence-corrected chi connectivity index (χ3v) is 3.17. The van der Waals surface area contributed by atoms with Crippen LogP contribution in [0.1, 0.15) is 18.5 Å². The minimum atomic E-state index is -0.648. The molecule has 1 saturated heterocycles. The average Bonchev–Trinajstić information content (AvgIpc) is 2.45. The molecule has 0 N–H and O–H groups in total. The van der Waals surface area contributed by atoms with Crippen molar-refractivity contribution in [2.24, 2.45) is 5.92 Å². The monoisotopic (exact) mass is 259 g/mol. The Morgan fingerprint density at radius 3 is 2.74 bits per heavy atom. The quantitative estimate of drug-likeness (QED) is 0.461. The Balaban J connectivity index is 2.21. The van der Waals surface area contributed by atoms with Gasteiger partial charge in [0.2, 0.25) is 5.91 Å². The molecule has 4 nitrogen and oxygen atoms in total. The van der Waals surface area contributed by atoms with Gasteiger partial charge in [-0.15, -0.1) is 0 Å². The SMILES string of the molecule is C=CCOC(=O)C(c1ccccc1)N1CC(C)C1=O. The number of rotatable bonds is 5. The van der Waals surface area contributed by atoms with Crippen LogP contribution in [0, 0.1) is 5.92 Å². The van der Waals surface area contributed by atoms with Crippen LogP contribution in [0.3, 0.4) is 0 Å². The Labute approximate surface area is 112 Å². The molecule has 0 bridgehead atoms. The summed E-state index contributed by atoms with van der Waals surface area (Å²) >= 11 is 0. The molecule has 0 saturated carbocycles. The molecule has 1 aromatic carbocycles. The second-order valence-corrected chi connectivity index (χ2v) is 4.62. The highest BCUT2D eigenvalue weighted by molar-refractivity contribution is 5.90. The average molecular weight is 259 g/mol. The molecule has 0 radical (unpaired) electrons. The Bertz CT molecular complexity index is 483. The van der Waals surface area contributed by atoms with E-state index in [0.29, 0.717) is 6.54 Å². The summed E-state index contributed by atoms with van der Waals surface area (Å²) in [7, 11) is 0. The van der Waals surface area contributed by atoms with Crippen LogP contribution in [-0.2, 0) is 14.3 Å². The maximum absolute atomic E-state index is 12.1. The highest BCUT2D eigenvalue weighted by Gasteiger charge is 2.42. The molecule has 1 aromatic rings. The van der Waals surface area contributed by atoms with Gasteiger partial charge in [-0.05, 0) is 5.56 Å². The van der Waals surface area contributed by atoms with Crippen LogP contribution in [0.2, 0.25) is 0 Å². The molecule has 100 valence electrons. The van der Waals surface area contributed by atoms with Crippen LogP contribution >= 0.6 is 0 Å². The molecule has 2 unspecified atom stereocenters. The van der Waals surface area contributed by atoms with Gasteiger partial charge in [0.15, 0.2) is 6.04 Å². The molecule has 2 rings (SSSR count). The number of hydrogen-bond donors (Lipinski definition) is 0. The topological polar surface area (TPSA) is 46.6 Å². The third-order valence-electron chi connectivity index (χ3n) is 3.17. The number of ether oxygens (including phenoxy) is 1. The minimum Gasteiger partial charge on any atom is -0.460 e. The van der Waals surface area contributed by atoms with Crippen molar-refractivity contribution < 1.29 is 14.3 Å². The number of hydrogen-bond acceptors (Lipinski definition) is 3. The van der Waals surface area contributed by atoms with Gasteiger partial charge in [-0.3, -0.25) is 4.79 Å². The highest BCUT2D eigenvalue weighted by Crippen LogP contribution is 2.30. The second kappa shape index (κ2) is 5.69. The molecular formula is C15H17NO3. The molecule has 0 aliphatic carbocycles. The van der Waals surface area contributed by atoms with Crippen LogP contribution in [0.4, 0.5) is 0 Å². The molecule has 19 heavy (non-hydrogen) atoms. The Morgan fingerprint density at radius 1 is 1.53 bits per heavy atom. The summed E-state index contributed by atoms with van der Waals surface area (Å²) in [5.74, 6) is -0.436. The van der Waals surface area contributed by atoms with E-state index in [1.54, 1.807) is 4.90 Å². The van der Waals surface area contributed by atoms with Crippen molar-refractivity contribution in [1.82, 2.24) is 4.90 Å². The van der Waals surface area contributed by atoms with E-state index in [1.165, 1.54) is 6.08 Å². The van der Waals surface area contributed by atoms with E-state index in [2.05, 4.69) is 6.58 Å². The molecular weight excluding hydrogens is 242 g/mol. The van der Waals surface area contributed by atoms with Gasteiger partial charge >= 0.3 is 5.97 Å². The normalized spacial score (nSPS) is 19.5. The van der Waals surface area contributed by atoms with E-state index in [9.17, 15) is 9.59 Å². The Kier molecular flexibility index (Phi) is 4.00. The second-order valence-electron chi connectivity index (χ2n) is 4.62. The van der Waals surface area contributed by atoms with E-state index in [1.807, 2.05) is 37.3 Å². The lowest BCUT2D eigenvalue weighted by Gasteiger charge is -2.41. The fourth-order valence-electron chi connectivity index (χ4n) is 2.16. The van der Waals surface area contributed by atoms with Crippen LogP contribution in [-0.4, -0.2) is 29.9 Å². The lowest BCUT2D eigenvalue weighted by atomic mass is 9.95. The summed E-state index contributed by atoms with van der Waals surface area (Å²) < 4.78 is 5.10. The van der Waals surface area contributed by atoms with Crippen LogP contribution in [0.5, 0.6) is 0 Å². The van der Waals surface area contributed by atoms with Gasteiger partial charge in [-0.25, -0.2) is 4.79 Å². The molecule has 1 fully saturated rings. The van der Waals surface area contributed by atoms with Crippen molar-refractivity contribution in [3.05, 3.63) is 48.6 Å². The standard InChI is InChI=1S/C15H17NO3/c1-3-9-19-15(18)13(12-7-5-4-6-8-12)16-10-11(2)14(16)17/h3-8,11,13H,1,9-10H2,2H3. The summed E-state index contributed by atoms with van der Waals surface area (Å²) in [6, 6.07) is 8.57. The number of esters is 1. The molecule has 0 aromatic heterocycles. The predicted molar refractivity (Wildman–Crippen MR) is 71.2 cm³/mol. The van der Waals surface area contributed by atoms with Crippen molar-refractivity contribution in [2.75, 3.05) is 13.2 Å². The van der Waals surface area contributed by atoms with Gasteiger partial charge in [0.1, 0.15) is 6.61 Å². The van der Waals surface area contributed by atoms with Crippen molar-refractivity contribution in [3.8, 4) is 0 Å². The van der Waals surface area contributed by atoms with Gasteiger partial charge < -0.3 is 9.64 Å². The Hall–Kier alpha value is -2.10. The summed E-state index contributed by atoms with van der Waals surface area (Å²) in [5, 5.41) is 0. The fraction of sp³-hybridized carbons (Fsp3) is 0.333. The fourth-order valence-corrected chi connectivity index (χ4v) is 2.16. The lowest BCUT2D eigenvalue weighted by molar-refractivity contribution is -0.164. The predicted octanol–water partition coefficient (Wildman–Crippen LogP) is 1.94. The van der Waals surface area contributed by atoms with Gasteiger partial charge in [0, 0.05) is 6.54 Å². The molecule has 1 amide bonds. The van der Waals surface area contributed by atoms with Crippen molar-refractivity contribution in [3.63, 3.8) is 0 Å². The highest BCUT2D eigenvalue weighted by atomic mass is 16.5. The number of nitrogens with zero attached hydrogens (tertiary/aromatic N) is 1. The maximum Gasteiger partial charge on any atom is 0.333 e. The van der Waals surface area contributed by atoms with Gasteiger partial charge in [0.05, 0.1) is 5.92 Å². The number of carbonyl (C=O) groups excluding carboxylic acids is 2.